The lowest BCUT2D eigenvalue weighted by molar-refractivity contribution is 0.0661. The Morgan fingerprint density at radius 2 is 2.22 bits per heavy atom. The third kappa shape index (κ3) is 4.16. The molecule has 0 aliphatic heterocycles. The van der Waals surface area contributed by atoms with Crippen LogP contribution in [0.25, 0.3) is 0 Å². The first-order chi connectivity index (χ1) is 8.58. The summed E-state index contributed by atoms with van der Waals surface area (Å²) in [5, 5.41) is 8.86. The van der Waals surface area contributed by atoms with Crippen molar-refractivity contribution in [2.75, 3.05) is 26.3 Å². The Morgan fingerprint density at radius 3 is 2.72 bits per heavy atom. The van der Waals surface area contributed by atoms with Crippen molar-refractivity contribution >= 4 is 5.97 Å². The molecule has 0 aromatic carbocycles. The highest BCUT2D eigenvalue weighted by Crippen LogP contribution is 2.16. The number of aryl methyl sites for hydroxylation is 1. The molecular weight excluding hydrogens is 234 g/mol. The minimum absolute atomic E-state index is 0.00311. The van der Waals surface area contributed by atoms with Crippen LogP contribution in [-0.4, -0.2) is 42.3 Å². The van der Waals surface area contributed by atoms with Gasteiger partial charge in [0.2, 0.25) is 5.76 Å². The Kier molecular flexibility index (Phi) is 5.88. The number of ether oxygens (including phenoxy) is 1. The molecule has 102 valence electrons. The normalized spacial score (nSPS) is 11.1. The third-order valence-electron chi connectivity index (χ3n) is 2.83. The number of hydrogen-bond acceptors (Lipinski definition) is 4. The van der Waals surface area contributed by atoms with Gasteiger partial charge >= 0.3 is 5.97 Å². The Morgan fingerprint density at radius 1 is 1.50 bits per heavy atom. The predicted octanol–water partition coefficient (Wildman–Crippen LogP) is 2.14. The van der Waals surface area contributed by atoms with Crippen LogP contribution in [0, 0.1) is 6.92 Å². The van der Waals surface area contributed by atoms with E-state index in [4.69, 9.17) is 14.3 Å². The van der Waals surface area contributed by atoms with Gasteiger partial charge in [-0.05, 0) is 26.5 Å². The van der Waals surface area contributed by atoms with E-state index >= 15 is 0 Å². The van der Waals surface area contributed by atoms with Gasteiger partial charge in [-0.25, -0.2) is 4.79 Å². The minimum atomic E-state index is -1.03. The summed E-state index contributed by atoms with van der Waals surface area (Å²) < 4.78 is 10.5. The van der Waals surface area contributed by atoms with E-state index in [1.54, 1.807) is 13.0 Å². The number of likely N-dealkylation sites (N-methyl/N-ethyl adjacent to an activating group) is 1. The molecule has 0 saturated heterocycles. The zero-order chi connectivity index (χ0) is 13.5. The molecule has 0 aliphatic carbocycles. The predicted molar refractivity (Wildman–Crippen MR) is 67.8 cm³/mol. The van der Waals surface area contributed by atoms with Crippen molar-refractivity contribution in [1.29, 1.82) is 0 Å². The minimum Gasteiger partial charge on any atom is -0.475 e. The third-order valence-corrected chi connectivity index (χ3v) is 2.83. The largest absolute Gasteiger partial charge is 0.475 e. The topological polar surface area (TPSA) is 62.9 Å². The fourth-order valence-electron chi connectivity index (χ4n) is 1.71. The molecule has 18 heavy (non-hydrogen) atoms. The van der Waals surface area contributed by atoms with E-state index in [-0.39, 0.29) is 5.76 Å². The summed E-state index contributed by atoms with van der Waals surface area (Å²) in [5.74, 6) is -0.354. The number of aromatic carboxylic acids is 1. The second-order valence-electron chi connectivity index (χ2n) is 4.06. The molecule has 0 amide bonds. The SMILES string of the molecule is CCOCCN(CC)Cc1cc(C(=O)O)oc1C. The lowest BCUT2D eigenvalue weighted by Crippen LogP contribution is -2.27. The molecule has 0 saturated carbocycles. The fraction of sp³-hybridized carbons (Fsp3) is 0.615. The fourth-order valence-corrected chi connectivity index (χ4v) is 1.71. The van der Waals surface area contributed by atoms with Crippen molar-refractivity contribution in [3.05, 3.63) is 23.2 Å². The quantitative estimate of drug-likeness (QED) is 0.721. The van der Waals surface area contributed by atoms with E-state index in [1.165, 1.54) is 0 Å². The maximum atomic E-state index is 10.8. The van der Waals surface area contributed by atoms with Gasteiger partial charge in [-0.1, -0.05) is 6.92 Å². The molecule has 5 nitrogen and oxygen atoms in total. The first-order valence-corrected chi connectivity index (χ1v) is 6.21. The van der Waals surface area contributed by atoms with Gasteiger partial charge in [0.1, 0.15) is 5.76 Å². The smallest absolute Gasteiger partial charge is 0.371 e. The average molecular weight is 255 g/mol. The number of carbonyl (C=O) groups is 1. The summed E-state index contributed by atoms with van der Waals surface area (Å²) in [4.78, 5) is 13.0. The van der Waals surface area contributed by atoms with Crippen molar-refractivity contribution in [3.63, 3.8) is 0 Å². The molecule has 0 aliphatic rings. The van der Waals surface area contributed by atoms with Gasteiger partial charge in [-0.15, -0.1) is 0 Å². The van der Waals surface area contributed by atoms with Gasteiger partial charge in [0.25, 0.3) is 0 Å². The number of furan rings is 1. The number of hydrogen-bond donors (Lipinski definition) is 1. The Bertz CT molecular complexity index is 386. The summed E-state index contributed by atoms with van der Waals surface area (Å²) in [7, 11) is 0. The number of carboxylic acid groups (broad SMARTS) is 1. The molecule has 1 aromatic heterocycles. The van der Waals surface area contributed by atoms with Crippen molar-refractivity contribution in [1.82, 2.24) is 4.90 Å². The average Bonchev–Trinajstić information content (AvgIpc) is 2.70. The van der Waals surface area contributed by atoms with Crippen LogP contribution < -0.4 is 0 Å². The summed E-state index contributed by atoms with van der Waals surface area (Å²) in [5.41, 5.74) is 0.922. The Balaban J connectivity index is 2.60. The zero-order valence-electron chi connectivity index (χ0n) is 11.2. The Hall–Kier alpha value is -1.33. The molecule has 0 fully saturated rings. The van der Waals surface area contributed by atoms with E-state index in [0.717, 1.165) is 18.7 Å². The summed E-state index contributed by atoms with van der Waals surface area (Å²) in [6.07, 6.45) is 0. The van der Waals surface area contributed by atoms with Crippen molar-refractivity contribution < 1.29 is 19.1 Å². The molecule has 0 unspecified atom stereocenters. The van der Waals surface area contributed by atoms with Gasteiger partial charge < -0.3 is 14.3 Å². The van der Waals surface area contributed by atoms with Gasteiger partial charge in [-0.2, -0.15) is 0 Å². The van der Waals surface area contributed by atoms with E-state index < -0.39 is 5.97 Å². The second kappa shape index (κ2) is 7.18. The van der Waals surface area contributed by atoms with Gasteiger partial charge in [0, 0.05) is 25.3 Å². The molecular formula is C13H21NO4. The van der Waals surface area contributed by atoms with Crippen LogP contribution >= 0.6 is 0 Å². The Labute approximate surface area is 107 Å². The molecule has 0 bridgehead atoms. The maximum Gasteiger partial charge on any atom is 0.371 e. The van der Waals surface area contributed by atoms with Crippen LogP contribution in [0.5, 0.6) is 0 Å². The highest BCUT2D eigenvalue weighted by atomic mass is 16.5. The van der Waals surface area contributed by atoms with Crippen molar-refractivity contribution in [2.45, 2.75) is 27.3 Å². The number of nitrogens with zero attached hydrogens (tertiary/aromatic N) is 1. The summed E-state index contributed by atoms with van der Waals surface area (Å²) in [6, 6.07) is 1.60. The van der Waals surface area contributed by atoms with E-state index in [1.807, 2.05) is 6.92 Å². The second-order valence-corrected chi connectivity index (χ2v) is 4.06. The molecule has 0 spiro atoms. The number of carboxylic acids is 1. The van der Waals surface area contributed by atoms with E-state index in [0.29, 0.717) is 25.5 Å². The maximum absolute atomic E-state index is 10.8. The molecule has 5 heteroatoms. The lowest BCUT2D eigenvalue weighted by Gasteiger charge is -2.19. The first kappa shape index (κ1) is 14.7. The summed E-state index contributed by atoms with van der Waals surface area (Å²) in [6.45, 7) is 9.63. The monoisotopic (exact) mass is 255 g/mol. The van der Waals surface area contributed by atoms with E-state index in [9.17, 15) is 4.79 Å². The molecule has 1 aromatic rings. The highest BCUT2D eigenvalue weighted by Gasteiger charge is 2.14. The van der Waals surface area contributed by atoms with Crippen LogP contribution in [0.15, 0.2) is 10.5 Å². The van der Waals surface area contributed by atoms with Crippen LogP contribution in [0.3, 0.4) is 0 Å². The number of rotatable bonds is 8. The molecule has 1 rings (SSSR count). The summed E-state index contributed by atoms with van der Waals surface area (Å²) >= 11 is 0. The van der Waals surface area contributed by atoms with E-state index in [2.05, 4.69) is 11.8 Å². The van der Waals surface area contributed by atoms with Crippen molar-refractivity contribution in [3.8, 4) is 0 Å². The van der Waals surface area contributed by atoms with Crippen LogP contribution in [0.4, 0.5) is 0 Å². The molecule has 1 heterocycles. The first-order valence-electron chi connectivity index (χ1n) is 6.21. The molecule has 0 radical (unpaired) electrons. The van der Waals surface area contributed by atoms with Crippen LogP contribution in [0.2, 0.25) is 0 Å². The molecule has 1 N–H and O–H groups in total. The molecule has 0 atom stereocenters. The van der Waals surface area contributed by atoms with Crippen LogP contribution in [-0.2, 0) is 11.3 Å². The van der Waals surface area contributed by atoms with Gasteiger partial charge in [-0.3, -0.25) is 4.90 Å². The lowest BCUT2D eigenvalue weighted by atomic mass is 10.2. The highest BCUT2D eigenvalue weighted by molar-refractivity contribution is 5.84. The van der Waals surface area contributed by atoms with Crippen molar-refractivity contribution in [2.24, 2.45) is 0 Å². The van der Waals surface area contributed by atoms with Gasteiger partial charge in [0.05, 0.1) is 6.61 Å². The van der Waals surface area contributed by atoms with Crippen LogP contribution in [0.1, 0.15) is 35.7 Å². The standard InChI is InChI=1S/C13H21NO4/c1-4-14(6-7-17-5-2)9-11-8-12(13(15)16)18-10(11)3/h8H,4-7,9H2,1-3H3,(H,15,16). The van der Waals surface area contributed by atoms with Gasteiger partial charge in [0.15, 0.2) is 0 Å². The zero-order valence-corrected chi connectivity index (χ0v) is 11.2.